The molecule has 0 aliphatic carbocycles. The van der Waals surface area contributed by atoms with Crippen LogP contribution in [0.4, 0.5) is 13.2 Å². The van der Waals surface area contributed by atoms with Crippen LogP contribution in [-0.4, -0.2) is 29.2 Å². The molecule has 5 nitrogen and oxygen atoms in total. The molecule has 2 aromatic carbocycles. The van der Waals surface area contributed by atoms with Gasteiger partial charge in [-0.2, -0.15) is 0 Å². The fourth-order valence-electron chi connectivity index (χ4n) is 2.62. The van der Waals surface area contributed by atoms with E-state index in [4.69, 9.17) is 0 Å². The monoisotopic (exact) mass is 376 g/mol. The fraction of sp³-hybridized carbons (Fsp3) is 0.158. The van der Waals surface area contributed by atoms with E-state index in [-0.39, 0.29) is 17.2 Å². The van der Waals surface area contributed by atoms with Crippen molar-refractivity contribution < 1.29 is 23.0 Å². The summed E-state index contributed by atoms with van der Waals surface area (Å²) in [7, 11) is 0. The maximum Gasteiger partial charge on any atom is 0.573 e. The molecule has 0 bridgehead atoms. The van der Waals surface area contributed by atoms with Gasteiger partial charge in [0.25, 0.3) is 5.56 Å². The molecular formula is C19H15F3N2O3. The molecule has 0 saturated carbocycles. The number of hydrogen-bond donors (Lipinski definition) is 2. The highest BCUT2D eigenvalue weighted by Crippen LogP contribution is 2.23. The first kappa shape index (κ1) is 18.5. The van der Waals surface area contributed by atoms with Crippen LogP contribution < -0.4 is 10.3 Å². The number of alkyl halides is 3. The molecule has 0 spiro atoms. The summed E-state index contributed by atoms with van der Waals surface area (Å²) < 4.78 is 40.2. The number of aliphatic imine (C=N–C) groups is 1. The second-order valence-electron chi connectivity index (χ2n) is 5.74. The van der Waals surface area contributed by atoms with Gasteiger partial charge in [0, 0.05) is 23.5 Å². The van der Waals surface area contributed by atoms with Crippen LogP contribution in [0.1, 0.15) is 11.1 Å². The lowest BCUT2D eigenvalue weighted by Crippen LogP contribution is -2.17. The Morgan fingerprint density at radius 2 is 1.74 bits per heavy atom. The third kappa shape index (κ3) is 4.66. The van der Waals surface area contributed by atoms with Gasteiger partial charge in [0.15, 0.2) is 0 Å². The number of rotatable bonds is 5. The van der Waals surface area contributed by atoms with Crippen LogP contribution in [0.25, 0.3) is 10.8 Å². The van der Waals surface area contributed by atoms with Crippen LogP contribution in [0, 0.1) is 0 Å². The maximum absolute atomic E-state index is 12.1. The molecular weight excluding hydrogens is 361 g/mol. The second kappa shape index (κ2) is 7.53. The van der Waals surface area contributed by atoms with Crippen molar-refractivity contribution in [2.75, 3.05) is 6.54 Å². The minimum atomic E-state index is -4.72. The summed E-state index contributed by atoms with van der Waals surface area (Å²) in [6.45, 7) is 0.354. The van der Waals surface area contributed by atoms with Crippen molar-refractivity contribution >= 4 is 17.0 Å². The third-order valence-corrected chi connectivity index (χ3v) is 3.86. The zero-order valence-corrected chi connectivity index (χ0v) is 14.0. The number of nitrogens with one attached hydrogen (secondary N) is 1. The fourth-order valence-corrected chi connectivity index (χ4v) is 2.62. The van der Waals surface area contributed by atoms with Gasteiger partial charge in [-0.25, -0.2) is 0 Å². The Balaban J connectivity index is 1.68. The third-order valence-electron chi connectivity index (χ3n) is 3.86. The van der Waals surface area contributed by atoms with E-state index in [9.17, 15) is 23.1 Å². The molecule has 0 fully saturated rings. The normalized spacial score (nSPS) is 12.0. The molecule has 2 N–H and O–H groups in total. The lowest BCUT2D eigenvalue weighted by atomic mass is 10.1. The van der Waals surface area contributed by atoms with E-state index < -0.39 is 6.36 Å². The number of nitrogens with zero attached hydrogens (tertiary/aromatic N) is 1. The van der Waals surface area contributed by atoms with Crippen LogP contribution in [-0.2, 0) is 6.42 Å². The lowest BCUT2D eigenvalue weighted by Gasteiger charge is -2.09. The number of halogens is 3. The largest absolute Gasteiger partial charge is 0.573 e. The topological polar surface area (TPSA) is 74.7 Å². The van der Waals surface area contributed by atoms with E-state index in [1.165, 1.54) is 30.5 Å². The van der Waals surface area contributed by atoms with Gasteiger partial charge < -0.3 is 9.84 Å². The molecule has 0 saturated heterocycles. The van der Waals surface area contributed by atoms with Crippen LogP contribution >= 0.6 is 0 Å². The van der Waals surface area contributed by atoms with E-state index in [0.29, 0.717) is 29.3 Å². The summed E-state index contributed by atoms with van der Waals surface area (Å²) in [4.78, 5) is 18.4. The number of hydrogen-bond acceptors (Lipinski definition) is 4. The van der Waals surface area contributed by atoms with Crippen LogP contribution in [0.5, 0.6) is 11.6 Å². The number of aromatic nitrogens is 1. The predicted octanol–water partition coefficient (Wildman–Crippen LogP) is 3.79. The van der Waals surface area contributed by atoms with Crippen LogP contribution in [0.3, 0.4) is 0 Å². The minimum Gasteiger partial charge on any atom is -0.494 e. The molecule has 0 atom stereocenters. The Kier molecular flexibility index (Phi) is 5.16. The molecule has 3 rings (SSSR count). The van der Waals surface area contributed by atoms with E-state index >= 15 is 0 Å². The summed E-state index contributed by atoms with van der Waals surface area (Å²) in [6.07, 6.45) is -2.76. The van der Waals surface area contributed by atoms with E-state index in [1.807, 2.05) is 0 Å². The summed E-state index contributed by atoms with van der Waals surface area (Å²) in [5, 5.41) is 11.0. The van der Waals surface area contributed by atoms with Crippen molar-refractivity contribution in [1.82, 2.24) is 4.98 Å². The van der Waals surface area contributed by atoms with Crippen molar-refractivity contribution in [3.63, 3.8) is 0 Å². The predicted molar refractivity (Wildman–Crippen MR) is 95.5 cm³/mol. The molecule has 0 unspecified atom stereocenters. The van der Waals surface area contributed by atoms with Crippen LogP contribution in [0.15, 0.2) is 58.3 Å². The summed E-state index contributed by atoms with van der Waals surface area (Å²) >= 11 is 0. The second-order valence-corrected chi connectivity index (χ2v) is 5.74. The molecule has 1 aromatic heterocycles. The number of pyridine rings is 1. The number of H-pyrrole nitrogens is 1. The molecule has 0 radical (unpaired) electrons. The molecule has 140 valence electrons. The molecule has 1 heterocycles. The molecule has 0 aliphatic rings. The summed E-state index contributed by atoms with van der Waals surface area (Å²) in [5.41, 5.74) is 0.803. The van der Waals surface area contributed by atoms with Gasteiger partial charge in [-0.3, -0.25) is 14.8 Å². The van der Waals surface area contributed by atoms with Gasteiger partial charge in [0.1, 0.15) is 5.75 Å². The van der Waals surface area contributed by atoms with Gasteiger partial charge in [-0.15, -0.1) is 13.2 Å². The molecule has 0 amide bonds. The average Bonchev–Trinajstić information content (AvgIpc) is 2.61. The highest BCUT2D eigenvalue weighted by molar-refractivity contribution is 6.01. The van der Waals surface area contributed by atoms with Crippen molar-refractivity contribution in [3.8, 4) is 11.6 Å². The van der Waals surface area contributed by atoms with Gasteiger partial charge >= 0.3 is 6.36 Å². The molecule has 3 aromatic rings. The summed E-state index contributed by atoms with van der Waals surface area (Å²) in [6, 6.07) is 12.4. The molecule has 0 aliphatic heterocycles. The smallest absolute Gasteiger partial charge is 0.494 e. The number of aromatic amines is 1. The Bertz CT molecular complexity index is 1030. The highest BCUT2D eigenvalue weighted by Gasteiger charge is 2.30. The quantitative estimate of drug-likeness (QED) is 0.666. The molecule has 8 heteroatoms. The maximum atomic E-state index is 12.1. The van der Waals surface area contributed by atoms with E-state index in [2.05, 4.69) is 14.7 Å². The van der Waals surface area contributed by atoms with Gasteiger partial charge in [-0.05, 0) is 30.2 Å². The Morgan fingerprint density at radius 3 is 2.41 bits per heavy atom. The van der Waals surface area contributed by atoms with E-state index in [0.717, 1.165) is 5.56 Å². The highest BCUT2D eigenvalue weighted by atomic mass is 19.4. The minimum absolute atomic E-state index is 0.267. The van der Waals surface area contributed by atoms with E-state index in [1.54, 1.807) is 24.3 Å². The number of fused-ring (bicyclic) bond motifs is 1. The average molecular weight is 376 g/mol. The van der Waals surface area contributed by atoms with Gasteiger partial charge in [0.2, 0.25) is 5.88 Å². The zero-order chi connectivity index (χ0) is 19.4. The Labute approximate surface area is 151 Å². The van der Waals surface area contributed by atoms with Crippen molar-refractivity contribution in [2.24, 2.45) is 4.99 Å². The number of ether oxygens (including phenoxy) is 1. The standard InChI is InChI=1S/C19H15F3N2O3/c20-19(21,22)27-13-7-5-12(6-8-13)9-10-23-11-16-14-3-1-2-4-15(14)17(25)24-18(16)26/h1-8,11H,9-10H2,(H2,24,25,26). The van der Waals surface area contributed by atoms with Crippen molar-refractivity contribution in [3.05, 3.63) is 70.0 Å². The van der Waals surface area contributed by atoms with Crippen molar-refractivity contribution in [2.45, 2.75) is 12.8 Å². The van der Waals surface area contributed by atoms with Gasteiger partial charge in [-0.1, -0.05) is 30.3 Å². The SMILES string of the molecule is O=c1[nH]c(O)c(C=NCCc2ccc(OC(F)(F)F)cc2)c2ccccc12. The Hall–Kier alpha value is -3.29. The van der Waals surface area contributed by atoms with Crippen molar-refractivity contribution in [1.29, 1.82) is 0 Å². The van der Waals surface area contributed by atoms with Gasteiger partial charge in [0.05, 0.1) is 5.56 Å². The Morgan fingerprint density at radius 1 is 1.07 bits per heavy atom. The lowest BCUT2D eigenvalue weighted by molar-refractivity contribution is -0.274. The number of benzene rings is 2. The first-order chi connectivity index (χ1) is 12.8. The first-order valence-electron chi connectivity index (χ1n) is 8.02. The van der Waals surface area contributed by atoms with Crippen LogP contribution in [0.2, 0.25) is 0 Å². The molecule has 27 heavy (non-hydrogen) atoms. The first-order valence-corrected chi connectivity index (χ1v) is 8.02. The number of aromatic hydroxyl groups is 1. The zero-order valence-electron chi connectivity index (χ0n) is 14.0. The summed E-state index contributed by atoms with van der Waals surface area (Å²) in [5.74, 6) is -0.546.